The number of rotatable bonds is 8. The van der Waals surface area contributed by atoms with Crippen LogP contribution in [0.1, 0.15) is 11.0 Å². The lowest BCUT2D eigenvalue weighted by Gasteiger charge is -2.18. The average molecular weight is 375 g/mol. The van der Waals surface area contributed by atoms with Crippen LogP contribution in [0.3, 0.4) is 0 Å². The maximum Gasteiger partial charge on any atom is 0.205 e. The first-order chi connectivity index (χ1) is 12.7. The van der Waals surface area contributed by atoms with Crippen LogP contribution in [-0.4, -0.2) is 45.0 Å². The second-order valence-corrected chi connectivity index (χ2v) is 6.36. The summed E-state index contributed by atoms with van der Waals surface area (Å²) in [5.41, 5.74) is 0.646. The van der Waals surface area contributed by atoms with Crippen molar-refractivity contribution in [3.8, 4) is 17.2 Å². The van der Waals surface area contributed by atoms with Crippen LogP contribution in [-0.2, 0) is 4.74 Å². The van der Waals surface area contributed by atoms with Crippen molar-refractivity contribution in [1.82, 2.24) is 9.97 Å². The highest BCUT2D eigenvalue weighted by Crippen LogP contribution is 2.43. The third-order valence-corrected chi connectivity index (χ3v) is 5.00. The summed E-state index contributed by atoms with van der Waals surface area (Å²) in [7, 11) is 6.42. The van der Waals surface area contributed by atoms with Gasteiger partial charge in [-0.05, 0) is 17.5 Å². The van der Waals surface area contributed by atoms with Gasteiger partial charge < -0.3 is 24.3 Å². The number of benzene rings is 1. The minimum atomic E-state index is -0.0675. The summed E-state index contributed by atoms with van der Waals surface area (Å²) < 4.78 is 22.0. The number of nitrogens with one attached hydrogen (secondary N) is 1. The Labute approximate surface area is 155 Å². The fraction of sp³-hybridized carbons (Fsp3) is 0.333. The third-order valence-electron chi connectivity index (χ3n) is 4.03. The van der Waals surface area contributed by atoms with Crippen LogP contribution < -0.4 is 19.5 Å². The summed E-state index contributed by atoms with van der Waals surface area (Å²) in [6.07, 6.45) is 1.42. The van der Waals surface area contributed by atoms with E-state index in [0.717, 1.165) is 10.3 Å². The molecule has 0 fully saturated rings. The Hall–Kier alpha value is -2.58. The Balaban J connectivity index is 1.98. The molecular formula is C18H21N3O4S. The highest BCUT2D eigenvalue weighted by molar-refractivity contribution is 7.10. The van der Waals surface area contributed by atoms with Crippen molar-refractivity contribution in [3.63, 3.8) is 0 Å². The molecule has 0 spiro atoms. The van der Waals surface area contributed by atoms with Gasteiger partial charge in [-0.1, -0.05) is 6.07 Å². The van der Waals surface area contributed by atoms with Gasteiger partial charge in [0.2, 0.25) is 5.75 Å². The molecule has 1 N–H and O–H groups in total. The molecule has 0 radical (unpaired) electrons. The lowest BCUT2D eigenvalue weighted by atomic mass is 10.1. The lowest BCUT2D eigenvalue weighted by Crippen LogP contribution is -2.14. The first kappa shape index (κ1) is 18.2. The number of aromatic nitrogens is 2. The van der Waals surface area contributed by atoms with Crippen molar-refractivity contribution in [2.75, 3.05) is 40.3 Å². The molecule has 7 nitrogen and oxygen atoms in total. The van der Waals surface area contributed by atoms with Crippen LogP contribution in [0.25, 0.3) is 10.9 Å². The number of thiophene rings is 1. The van der Waals surface area contributed by atoms with Crippen LogP contribution in [0, 0.1) is 0 Å². The van der Waals surface area contributed by atoms with E-state index in [9.17, 15) is 0 Å². The monoisotopic (exact) mass is 375 g/mol. The summed E-state index contributed by atoms with van der Waals surface area (Å²) in [5.74, 6) is 2.23. The highest BCUT2D eigenvalue weighted by Gasteiger charge is 2.20. The number of nitrogens with zero attached hydrogens (tertiary/aromatic N) is 2. The Morgan fingerprint density at radius 1 is 1.08 bits per heavy atom. The van der Waals surface area contributed by atoms with Gasteiger partial charge in [0.05, 0.1) is 26.7 Å². The minimum Gasteiger partial charge on any atom is -0.493 e. The summed E-state index contributed by atoms with van der Waals surface area (Å²) in [6.45, 7) is 0.569. The molecule has 0 aliphatic carbocycles. The molecule has 3 aromatic rings. The van der Waals surface area contributed by atoms with E-state index in [4.69, 9.17) is 18.9 Å². The highest BCUT2D eigenvalue weighted by atomic mass is 32.1. The molecule has 1 aromatic carbocycles. The average Bonchev–Trinajstić information content (AvgIpc) is 3.21. The molecule has 1 unspecified atom stereocenters. The second-order valence-electron chi connectivity index (χ2n) is 5.38. The van der Waals surface area contributed by atoms with Crippen LogP contribution in [0.2, 0.25) is 0 Å². The van der Waals surface area contributed by atoms with Gasteiger partial charge in [0, 0.05) is 18.5 Å². The number of hydrogen-bond acceptors (Lipinski definition) is 8. The van der Waals surface area contributed by atoms with Crippen molar-refractivity contribution in [1.29, 1.82) is 0 Å². The number of methoxy groups -OCH3 is 4. The van der Waals surface area contributed by atoms with Gasteiger partial charge in [-0.25, -0.2) is 9.97 Å². The quantitative estimate of drug-likeness (QED) is 0.646. The van der Waals surface area contributed by atoms with Gasteiger partial charge in [0.1, 0.15) is 23.8 Å². The predicted octanol–water partition coefficient (Wildman–Crippen LogP) is 3.52. The zero-order valence-corrected chi connectivity index (χ0v) is 15.9. The molecule has 26 heavy (non-hydrogen) atoms. The molecule has 0 aliphatic rings. The molecule has 138 valence electrons. The minimum absolute atomic E-state index is 0.0675. The van der Waals surface area contributed by atoms with E-state index < -0.39 is 0 Å². The van der Waals surface area contributed by atoms with Crippen LogP contribution in [0.4, 0.5) is 5.82 Å². The molecule has 0 amide bonds. The smallest absolute Gasteiger partial charge is 0.205 e. The fourth-order valence-corrected chi connectivity index (χ4v) is 3.57. The molecule has 3 rings (SSSR count). The normalized spacial score (nSPS) is 12.0. The van der Waals surface area contributed by atoms with Crippen molar-refractivity contribution in [2.45, 2.75) is 6.10 Å². The van der Waals surface area contributed by atoms with E-state index >= 15 is 0 Å². The van der Waals surface area contributed by atoms with E-state index in [-0.39, 0.29) is 6.10 Å². The maximum absolute atomic E-state index is 5.59. The van der Waals surface area contributed by atoms with Crippen LogP contribution >= 0.6 is 11.3 Å². The number of ether oxygens (including phenoxy) is 4. The maximum atomic E-state index is 5.59. The molecule has 0 saturated carbocycles. The van der Waals surface area contributed by atoms with Crippen molar-refractivity contribution in [2.24, 2.45) is 0 Å². The standard InChI is InChI=1S/C18H21N3O4S/c1-22-12-8-11-15(17(25-4)16(12)24-3)20-10-21-18(11)19-9-13(23-2)14-6-5-7-26-14/h5-8,10,13H,9H2,1-4H3,(H,19,20,21). The Kier molecular flexibility index (Phi) is 5.75. The van der Waals surface area contributed by atoms with Crippen molar-refractivity contribution in [3.05, 3.63) is 34.8 Å². The molecule has 8 heteroatoms. The molecule has 0 saturated heterocycles. The van der Waals surface area contributed by atoms with Crippen molar-refractivity contribution >= 4 is 28.1 Å². The van der Waals surface area contributed by atoms with Gasteiger partial charge in [0.25, 0.3) is 0 Å². The largest absolute Gasteiger partial charge is 0.493 e. The SMILES string of the molecule is COc1cc2c(NCC(OC)c3cccs3)ncnc2c(OC)c1OC. The second kappa shape index (κ2) is 8.20. The molecule has 1 atom stereocenters. The summed E-state index contributed by atoms with van der Waals surface area (Å²) >= 11 is 1.66. The topological polar surface area (TPSA) is 74.7 Å². The van der Waals surface area contributed by atoms with E-state index in [2.05, 4.69) is 21.4 Å². The first-order valence-electron chi connectivity index (χ1n) is 7.97. The van der Waals surface area contributed by atoms with Crippen LogP contribution in [0.15, 0.2) is 29.9 Å². The van der Waals surface area contributed by atoms with Crippen LogP contribution in [0.5, 0.6) is 17.2 Å². The van der Waals surface area contributed by atoms with E-state index in [0.29, 0.717) is 35.1 Å². The number of anilines is 1. The molecule has 0 bridgehead atoms. The van der Waals surface area contributed by atoms with Gasteiger partial charge >= 0.3 is 0 Å². The lowest BCUT2D eigenvalue weighted by molar-refractivity contribution is 0.117. The third kappa shape index (κ3) is 3.38. The zero-order chi connectivity index (χ0) is 18.5. The summed E-state index contributed by atoms with van der Waals surface area (Å²) in [4.78, 5) is 9.88. The Morgan fingerprint density at radius 2 is 1.88 bits per heavy atom. The van der Waals surface area contributed by atoms with Gasteiger partial charge in [-0.15, -0.1) is 11.3 Å². The Morgan fingerprint density at radius 3 is 2.50 bits per heavy atom. The van der Waals surface area contributed by atoms with Gasteiger partial charge in [-0.3, -0.25) is 0 Å². The number of fused-ring (bicyclic) bond motifs is 1. The number of hydrogen-bond donors (Lipinski definition) is 1. The molecule has 2 aromatic heterocycles. The fourth-order valence-electron chi connectivity index (χ4n) is 2.77. The molecule has 0 aliphatic heterocycles. The zero-order valence-electron chi connectivity index (χ0n) is 15.1. The van der Waals surface area contributed by atoms with E-state index in [1.165, 1.54) is 6.33 Å². The van der Waals surface area contributed by atoms with Crippen molar-refractivity contribution < 1.29 is 18.9 Å². The molecule has 2 heterocycles. The van der Waals surface area contributed by atoms with E-state index in [1.807, 2.05) is 17.5 Å². The summed E-state index contributed by atoms with van der Waals surface area (Å²) in [5, 5.41) is 6.16. The molecular weight excluding hydrogens is 354 g/mol. The van der Waals surface area contributed by atoms with E-state index in [1.54, 1.807) is 39.8 Å². The van der Waals surface area contributed by atoms with Gasteiger partial charge in [0.15, 0.2) is 11.5 Å². The van der Waals surface area contributed by atoms with Gasteiger partial charge in [-0.2, -0.15) is 0 Å². The summed E-state index contributed by atoms with van der Waals surface area (Å²) in [6, 6.07) is 5.90. The predicted molar refractivity (Wildman–Crippen MR) is 102 cm³/mol. The first-order valence-corrected chi connectivity index (χ1v) is 8.85. The Bertz CT molecular complexity index is 870.